The second kappa shape index (κ2) is 4.75. The van der Waals surface area contributed by atoms with Crippen LogP contribution in [0.15, 0.2) is 0 Å². The van der Waals surface area contributed by atoms with Crippen molar-refractivity contribution in [2.24, 2.45) is 5.92 Å². The Labute approximate surface area is 85.3 Å². The SMILES string of the molecule is CC(C)CONC(=O)C1(C)CCCN1. The zero-order valence-corrected chi connectivity index (χ0v) is 9.22. The molecule has 0 aliphatic carbocycles. The summed E-state index contributed by atoms with van der Waals surface area (Å²) in [6.45, 7) is 7.47. The van der Waals surface area contributed by atoms with E-state index in [2.05, 4.69) is 10.8 Å². The maximum atomic E-state index is 11.6. The topological polar surface area (TPSA) is 50.4 Å². The summed E-state index contributed by atoms with van der Waals surface area (Å²) in [5, 5.41) is 3.18. The molecule has 0 aromatic heterocycles. The third-order valence-electron chi connectivity index (χ3n) is 2.45. The maximum absolute atomic E-state index is 11.6. The first-order valence-corrected chi connectivity index (χ1v) is 5.22. The minimum Gasteiger partial charge on any atom is -0.303 e. The number of carbonyl (C=O) groups is 1. The molecule has 1 unspecified atom stereocenters. The van der Waals surface area contributed by atoms with Crippen LogP contribution in [0.2, 0.25) is 0 Å². The fourth-order valence-corrected chi connectivity index (χ4v) is 1.47. The molecule has 1 aliphatic heterocycles. The van der Waals surface area contributed by atoms with Crippen molar-refractivity contribution in [1.82, 2.24) is 10.8 Å². The average molecular weight is 200 g/mol. The van der Waals surface area contributed by atoms with Gasteiger partial charge in [0.05, 0.1) is 12.1 Å². The summed E-state index contributed by atoms with van der Waals surface area (Å²) in [5.74, 6) is 0.371. The average Bonchev–Trinajstić information content (AvgIpc) is 2.52. The molecular weight excluding hydrogens is 180 g/mol. The van der Waals surface area contributed by atoms with E-state index in [1.165, 1.54) is 0 Å². The van der Waals surface area contributed by atoms with E-state index in [4.69, 9.17) is 4.84 Å². The van der Waals surface area contributed by atoms with Crippen LogP contribution in [0.4, 0.5) is 0 Å². The number of hydroxylamine groups is 1. The van der Waals surface area contributed by atoms with E-state index in [0.717, 1.165) is 19.4 Å². The molecule has 4 nitrogen and oxygen atoms in total. The molecule has 1 amide bonds. The Bertz CT molecular complexity index is 198. The van der Waals surface area contributed by atoms with E-state index in [-0.39, 0.29) is 5.91 Å². The largest absolute Gasteiger partial charge is 0.303 e. The van der Waals surface area contributed by atoms with Gasteiger partial charge in [0.1, 0.15) is 0 Å². The lowest BCUT2D eigenvalue weighted by Gasteiger charge is -2.22. The monoisotopic (exact) mass is 200 g/mol. The van der Waals surface area contributed by atoms with Crippen LogP contribution in [0.25, 0.3) is 0 Å². The van der Waals surface area contributed by atoms with Crippen molar-refractivity contribution in [3.05, 3.63) is 0 Å². The molecule has 14 heavy (non-hydrogen) atoms. The van der Waals surface area contributed by atoms with Crippen LogP contribution in [0.1, 0.15) is 33.6 Å². The molecule has 1 aliphatic rings. The molecule has 1 atom stereocenters. The smallest absolute Gasteiger partial charge is 0.263 e. The van der Waals surface area contributed by atoms with E-state index < -0.39 is 5.54 Å². The summed E-state index contributed by atoms with van der Waals surface area (Å²) >= 11 is 0. The molecule has 0 aromatic carbocycles. The van der Waals surface area contributed by atoms with Crippen molar-refractivity contribution in [2.45, 2.75) is 39.2 Å². The van der Waals surface area contributed by atoms with E-state index in [1.807, 2.05) is 20.8 Å². The molecule has 1 saturated heterocycles. The van der Waals surface area contributed by atoms with Crippen molar-refractivity contribution in [3.8, 4) is 0 Å². The third kappa shape index (κ3) is 2.96. The molecule has 0 aromatic rings. The highest BCUT2D eigenvalue weighted by Gasteiger charge is 2.35. The number of nitrogens with one attached hydrogen (secondary N) is 2. The van der Waals surface area contributed by atoms with Gasteiger partial charge in [0.2, 0.25) is 0 Å². The van der Waals surface area contributed by atoms with Crippen molar-refractivity contribution in [2.75, 3.05) is 13.2 Å². The van der Waals surface area contributed by atoms with E-state index >= 15 is 0 Å². The van der Waals surface area contributed by atoms with E-state index in [0.29, 0.717) is 12.5 Å². The molecular formula is C10H20N2O2. The van der Waals surface area contributed by atoms with E-state index in [1.54, 1.807) is 0 Å². The predicted molar refractivity (Wildman–Crippen MR) is 54.6 cm³/mol. The standard InChI is InChI=1S/C10H20N2O2/c1-8(2)7-14-12-9(13)10(3)5-4-6-11-10/h8,11H,4-7H2,1-3H3,(H,12,13). The summed E-state index contributed by atoms with van der Waals surface area (Å²) in [6.07, 6.45) is 1.93. The Morgan fingerprint density at radius 2 is 2.36 bits per heavy atom. The van der Waals surface area contributed by atoms with Gasteiger partial charge in [0.15, 0.2) is 0 Å². The van der Waals surface area contributed by atoms with Gasteiger partial charge < -0.3 is 5.32 Å². The molecule has 1 heterocycles. The minimum absolute atomic E-state index is 0.0596. The summed E-state index contributed by atoms with van der Waals surface area (Å²) in [7, 11) is 0. The Balaban J connectivity index is 2.27. The van der Waals surface area contributed by atoms with Gasteiger partial charge in [-0.1, -0.05) is 13.8 Å². The van der Waals surface area contributed by atoms with Crippen LogP contribution in [0.5, 0.6) is 0 Å². The number of amides is 1. The lowest BCUT2D eigenvalue weighted by molar-refractivity contribution is -0.140. The summed E-state index contributed by atoms with van der Waals surface area (Å²) in [5.41, 5.74) is 2.06. The predicted octanol–water partition coefficient (Wildman–Crippen LogP) is 0.832. The van der Waals surface area contributed by atoms with Crippen molar-refractivity contribution in [1.29, 1.82) is 0 Å². The normalized spacial score (nSPS) is 26.9. The molecule has 2 N–H and O–H groups in total. The number of rotatable bonds is 4. The van der Waals surface area contributed by atoms with Gasteiger partial charge in [-0.25, -0.2) is 5.48 Å². The Morgan fingerprint density at radius 1 is 1.64 bits per heavy atom. The third-order valence-corrected chi connectivity index (χ3v) is 2.45. The first-order chi connectivity index (χ1) is 6.54. The van der Waals surface area contributed by atoms with Crippen LogP contribution in [-0.2, 0) is 9.63 Å². The van der Waals surface area contributed by atoms with Crippen LogP contribution in [0.3, 0.4) is 0 Å². The van der Waals surface area contributed by atoms with Crippen LogP contribution in [-0.4, -0.2) is 24.6 Å². The molecule has 1 fully saturated rings. The fraction of sp³-hybridized carbons (Fsp3) is 0.900. The molecule has 0 spiro atoms. The highest BCUT2D eigenvalue weighted by atomic mass is 16.7. The second-order valence-corrected chi connectivity index (χ2v) is 4.50. The first kappa shape index (κ1) is 11.5. The van der Waals surface area contributed by atoms with Gasteiger partial charge in [-0.05, 0) is 32.2 Å². The quantitative estimate of drug-likeness (QED) is 0.661. The molecule has 0 bridgehead atoms. The number of hydrogen-bond acceptors (Lipinski definition) is 3. The molecule has 1 rings (SSSR count). The molecule has 0 radical (unpaired) electrons. The lowest BCUT2D eigenvalue weighted by atomic mass is 10.0. The number of hydrogen-bond donors (Lipinski definition) is 2. The van der Waals surface area contributed by atoms with Crippen molar-refractivity contribution in [3.63, 3.8) is 0 Å². The van der Waals surface area contributed by atoms with Crippen LogP contribution in [0, 0.1) is 5.92 Å². The van der Waals surface area contributed by atoms with Gasteiger partial charge in [-0.2, -0.15) is 0 Å². The van der Waals surface area contributed by atoms with Gasteiger partial charge in [0.25, 0.3) is 5.91 Å². The first-order valence-electron chi connectivity index (χ1n) is 5.22. The van der Waals surface area contributed by atoms with Crippen LogP contribution >= 0.6 is 0 Å². The second-order valence-electron chi connectivity index (χ2n) is 4.50. The number of carbonyl (C=O) groups excluding carboxylic acids is 1. The highest BCUT2D eigenvalue weighted by molar-refractivity contribution is 5.85. The summed E-state index contributed by atoms with van der Waals surface area (Å²) in [6, 6.07) is 0. The Kier molecular flexibility index (Phi) is 3.89. The fourth-order valence-electron chi connectivity index (χ4n) is 1.47. The van der Waals surface area contributed by atoms with E-state index in [9.17, 15) is 4.79 Å². The Morgan fingerprint density at radius 3 is 2.86 bits per heavy atom. The van der Waals surface area contributed by atoms with Gasteiger partial charge >= 0.3 is 0 Å². The molecule has 0 saturated carbocycles. The van der Waals surface area contributed by atoms with Crippen molar-refractivity contribution >= 4 is 5.91 Å². The van der Waals surface area contributed by atoms with Gasteiger partial charge in [-0.3, -0.25) is 9.63 Å². The highest BCUT2D eigenvalue weighted by Crippen LogP contribution is 2.18. The molecule has 4 heteroatoms. The van der Waals surface area contributed by atoms with Crippen molar-refractivity contribution < 1.29 is 9.63 Å². The van der Waals surface area contributed by atoms with Gasteiger partial charge in [0, 0.05) is 0 Å². The van der Waals surface area contributed by atoms with Gasteiger partial charge in [-0.15, -0.1) is 0 Å². The zero-order chi connectivity index (χ0) is 10.6. The van der Waals surface area contributed by atoms with Crippen LogP contribution < -0.4 is 10.8 Å². The minimum atomic E-state index is -0.434. The zero-order valence-electron chi connectivity index (χ0n) is 9.22. The Hall–Kier alpha value is -0.610. The lowest BCUT2D eigenvalue weighted by Crippen LogP contribution is -2.51. The maximum Gasteiger partial charge on any atom is 0.263 e. The molecule has 82 valence electrons. The summed E-state index contributed by atoms with van der Waals surface area (Å²) in [4.78, 5) is 16.7. The summed E-state index contributed by atoms with van der Waals surface area (Å²) < 4.78 is 0.